The van der Waals surface area contributed by atoms with Gasteiger partial charge >= 0.3 is 5.97 Å². The van der Waals surface area contributed by atoms with E-state index in [0.29, 0.717) is 12.8 Å². The van der Waals surface area contributed by atoms with Gasteiger partial charge in [0, 0.05) is 12.7 Å². The standard InChI is InChI=1S/C6H14O3.C3H4O2/c7-4-2-1-3-6(9)5-8;1-2-3(4)5/h6-9H,1-5H2;2H,1H2,(H,4,5). The van der Waals surface area contributed by atoms with Gasteiger partial charge in [-0.1, -0.05) is 6.58 Å². The van der Waals surface area contributed by atoms with Crippen LogP contribution in [0, 0.1) is 0 Å². The van der Waals surface area contributed by atoms with E-state index in [1.807, 2.05) is 0 Å². The van der Waals surface area contributed by atoms with Crippen LogP contribution in [0.3, 0.4) is 0 Å². The topological polar surface area (TPSA) is 98.0 Å². The van der Waals surface area contributed by atoms with E-state index in [1.54, 1.807) is 0 Å². The minimum absolute atomic E-state index is 0.165. The van der Waals surface area contributed by atoms with Crippen LogP contribution in [0.1, 0.15) is 19.3 Å². The van der Waals surface area contributed by atoms with Crippen LogP contribution >= 0.6 is 0 Å². The Kier molecular flexibility index (Phi) is 13.4. The second kappa shape index (κ2) is 12.1. The molecule has 0 amide bonds. The molecular weight excluding hydrogens is 188 g/mol. The van der Waals surface area contributed by atoms with E-state index < -0.39 is 12.1 Å². The first-order chi connectivity index (χ1) is 6.58. The van der Waals surface area contributed by atoms with Crippen LogP contribution in [0.4, 0.5) is 0 Å². The molecule has 5 heteroatoms. The average Bonchev–Trinajstić information content (AvgIpc) is 2.19. The van der Waals surface area contributed by atoms with Crippen molar-refractivity contribution in [2.75, 3.05) is 13.2 Å². The van der Waals surface area contributed by atoms with Crippen LogP contribution in [-0.4, -0.2) is 45.7 Å². The highest BCUT2D eigenvalue weighted by atomic mass is 16.4. The molecule has 0 fully saturated rings. The smallest absolute Gasteiger partial charge is 0.327 e. The summed E-state index contributed by atoms with van der Waals surface area (Å²) in [5, 5.41) is 33.0. The first kappa shape index (κ1) is 15.6. The van der Waals surface area contributed by atoms with Gasteiger partial charge in [-0.15, -0.1) is 0 Å². The van der Waals surface area contributed by atoms with E-state index >= 15 is 0 Å². The lowest BCUT2D eigenvalue weighted by Gasteiger charge is -2.03. The Balaban J connectivity index is 0. The lowest BCUT2D eigenvalue weighted by atomic mass is 10.2. The molecule has 0 aliphatic heterocycles. The third-order valence-corrected chi connectivity index (χ3v) is 1.33. The molecule has 5 nitrogen and oxygen atoms in total. The van der Waals surface area contributed by atoms with Crippen molar-refractivity contribution in [3.63, 3.8) is 0 Å². The highest BCUT2D eigenvalue weighted by Crippen LogP contribution is 1.98. The molecule has 0 aliphatic rings. The summed E-state index contributed by atoms with van der Waals surface area (Å²) in [5.74, 6) is -0.981. The summed E-state index contributed by atoms with van der Waals surface area (Å²) in [6.07, 6.45) is 2.29. The van der Waals surface area contributed by atoms with Gasteiger partial charge in [0.05, 0.1) is 12.7 Å². The summed E-state index contributed by atoms with van der Waals surface area (Å²) in [6.45, 7) is 2.95. The van der Waals surface area contributed by atoms with E-state index in [4.69, 9.17) is 20.4 Å². The van der Waals surface area contributed by atoms with Crippen molar-refractivity contribution in [2.24, 2.45) is 0 Å². The third kappa shape index (κ3) is 17.3. The van der Waals surface area contributed by atoms with Crippen LogP contribution in [0.2, 0.25) is 0 Å². The van der Waals surface area contributed by atoms with Crippen molar-refractivity contribution in [2.45, 2.75) is 25.4 Å². The van der Waals surface area contributed by atoms with E-state index in [-0.39, 0.29) is 13.2 Å². The summed E-state index contributed by atoms with van der Waals surface area (Å²) in [5.41, 5.74) is 0. The fraction of sp³-hybridized carbons (Fsp3) is 0.667. The van der Waals surface area contributed by atoms with Crippen LogP contribution in [0.5, 0.6) is 0 Å². The summed E-state index contributed by atoms with van der Waals surface area (Å²) in [6, 6.07) is 0. The molecule has 0 aromatic rings. The Bertz CT molecular complexity index is 146. The molecule has 1 atom stereocenters. The number of rotatable bonds is 6. The SMILES string of the molecule is C=CC(=O)O.OCCCCC(O)CO. The lowest BCUT2D eigenvalue weighted by molar-refractivity contribution is -0.131. The molecule has 0 saturated heterocycles. The van der Waals surface area contributed by atoms with Crippen LogP contribution < -0.4 is 0 Å². The lowest BCUT2D eigenvalue weighted by Crippen LogP contribution is -2.11. The minimum atomic E-state index is -0.981. The molecule has 84 valence electrons. The van der Waals surface area contributed by atoms with Crippen molar-refractivity contribution >= 4 is 5.97 Å². The van der Waals surface area contributed by atoms with Crippen LogP contribution in [-0.2, 0) is 4.79 Å². The maximum atomic E-state index is 9.25. The Labute approximate surface area is 83.3 Å². The van der Waals surface area contributed by atoms with Crippen molar-refractivity contribution in [1.82, 2.24) is 0 Å². The zero-order chi connectivity index (χ0) is 11.4. The van der Waals surface area contributed by atoms with Crippen molar-refractivity contribution in [1.29, 1.82) is 0 Å². The number of unbranched alkanes of at least 4 members (excludes halogenated alkanes) is 1. The van der Waals surface area contributed by atoms with Crippen LogP contribution in [0.15, 0.2) is 12.7 Å². The van der Waals surface area contributed by atoms with Crippen LogP contribution in [0.25, 0.3) is 0 Å². The molecular formula is C9H18O5. The largest absolute Gasteiger partial charge is 0.478 e. The molecule has 4 N–H and O–H groups in total. The number of carboxylic acids is 1. The highest BCUT2D eigenvalue weighted by molar-refractivity contribution is 5.78. The normalized spacial score (nSPS) is 11.1. The predicted octanol–water partition coefficient (Wildman–Crippen LogP) is -0.241. The first-order valence-corrected chi connectivity index (χ1v) is 4.33. The quantitative estimate of drug-likeness (QED) is 0.355. The molecule has 0 aliphatic carbocycles. The zero-order valence-corrected chi connectivity index (χ0v) is 8.09. The molecule has 0 spiro atoms. The second-order valence-electron chi connectivity index (χ2n) is 2.60. The number of hydrogen-bond donors (Lipinski definition) is 4. The third-order valence-electron chi connectivity index (χ3n) is 1.33. The summed E-state index contributed by atoms with van der Waals surface area (Å²) in [4.78, 5) is 9.25. The fourth-order valence-electron chi connectivity index (χ4n) is 0.583. The van der Waals surface area contributed by atoms with Gasteiger partial charge in [0.15, 0.2) is 0 Å². The first-order valence-electron chi connectivity index (χ1n) is 4.33. The van der Waals surface area contributed by atoms with Crippen molar-refractivity contribution in [3.05, 3.63) is 12.7 Å². The molecule has 0 heterocycles. The molecule has 0 radical (unpaired) electrons. The van der Waals surface area contributed by atoms with E-state index in [0.717, 1.165) is 12.5 Å². The van der Waals surface area contributed by atoms with Gasteiger partial charge in [0.1, 0.15) is 0 Å². The molecule has 1 unspecified atom stereocenters. The van der Waals surface area contributed by atoms with Gasteiger partial charge in [-0.25, -0.2) is 4.79 Å². The monoisotopic (exact) mass is 206 g/mol. The Hall–Kier alpha value is -0.910. The summed E-state index contributed by atoms with van der Waals surface area (Å²) in [7, 11) is 0. The number of hydrogen-bond acceptors (Lipinski definition) is 4. The maximum Gasteiger partial charge on any atom is 0.327 e. The number of carboxylic acid groups (broad SMARTS) is 1. The van der Waals surface area contributed by atoms with E-state index in [1.165, 1.54) is 0 Å². The molecule has 0 rings (SSSR count). The van der Waals surface area contributed by atoms with E-state index in [2.05, 4.69) is 6.58 Å². The van der Waals surface area contributed by atoms with Gasteiger partial charge in [0.25, 0.3) is 0 Å². The average molecular weight is 206 g/mol. The zero-order valence-electron chi connectivity index (χ0n) is 8.09. The number of aliphatic hydroxyl groups excluding tert-OH is 3. The highest BCUT2D eigenvalue weighted by Gasteiger charge is 1.99. The van der Waals surface area contributed by atoms with Gasteiger partial charge in [-0.05, 0) is 19.3 Å². The molecule has 0 aromatic carbocycles. The number of carbonyl (C=O) groups is 1. The fourth-order valence-corrected chi connectivity index (χ4v) is 0.583. The molecule has 14 heavy (non-hydrogen) atoms. The molecule has 0 saturated carbocycles. The number of aliphatic hydroxyl groups is 3. The molecule has 0 aromatic heterocycles. The minimum Gasteiger partial charge on any atom is -0.478 e. The number of aliphatic carboxylic acids is 1. The van der Waals surface area contributed by atoms with Crippen molar-refractivity contribution < 1.29 is 25.2 Å². The maximum absolute atomic E-state index is 9.25. The van der Waals surface area contributed by atoms with Gasteiger partial charge in [-0.3, -0.25) is 0 Å². The van der Waals surface area contributed by atoms with Gasteiger partial charge < -0.3 is 20.4 Å². The summed E-state index contributed by atoms with van der Waals surface area (Å²) < 4.78 is 0. The Morgan fingerprint density at radius 1 is 1.36 bits per heavy atom. The predicted molar refractivity (Wildman–Crippen MR) is 51.9 cm³/mol. The summed E-state index contributed by atoms with van der Waals surface area (Å²) >= 11 is 0. The van der Waals surface area contributed by atoms with E-state index in [9.17, 15) is 4.79 Å². The molecule has 0 bridgehead atoms. The Morgan fingerprint density at radius 2 is 1.86 bits per heavy atom. The Morgan fingerprint density at radius 3 is 2.14 bits per heavy atom. The van der Waals surface area contributed by atoms with Crippen molar-refractivity contribution in [3.8, 4) is 0 Å². The van der Waals surface area contributed by atoms with Gasteiger partial charge in [0.2, 0.25) is 0 Å². The second-order valence-corrected chi connectivity index (χ2v) is 2.60. The van der Waals surface area contributed by atoms with Gasteiger partial charge in [-0.2, -0.15) is 0 Å².